The van der Waals surface area contributed by atoms with Gasteiger partial charge in [-0.15, -0.1) is 0 Å². The summed E-state index contributed by atoms with van der Waals surface area (Å²) in [6, 6.07) is 15.9. The topological polar surface area (TPSA) is 182 Å². The van der Waals surface area contributed by atoms with Crippen molar-refractivity contribution >= 4 is 69.0 Å². The standard InChI is InChI=1S/C14H13F3O3.C13H11F3O3.C12H9F3O3.C11H10F3NOS.C10H8F3NOS/c1-13(2)7-8(5-12(18)19)10-4-3-9(14(15,16)17)6-11(10)20-13;14-13(15,16)9-3-4-10-8(6-12(17)18)2-1-5-19-11(10)7-9;13-12(14,15)8-1-2-9-7(5-11(16)17)3-4-18-10(9)6-8;1-10(2)15-9(17)7-4-3-6(11(12,13)14)5-8(7)16-10;11-10(12,13)6-1-2-7-8(5-6)15-4-3-14-9(7)16/h3-6H,7H2,1-2H3,(H,18,19);3-4,6-7H,1-2,5H2,(H,17,18);1-2,5-6H,3-4H2,(H,16,17);3-5H,1-2H3,(H,15,17);1-2,5H,3-4H2,(H,14,16)/b8-5+;8-6+;7-5+;;. The minimum Gasteiger partial charge on any atom is -0.493 e. The maximum atomic E-state index is 12.7. The van der Waals surface area contributed by atoms with E-state index < -0.39 is 87.9 Å². The van der Waals surface area contributed by atoms with E-state index in [9.17, 15) is 80.2 Å². The molecule has 30 heteroatoms. The summed E-state index contributed by atoms with van der Waals surface area (Å²) in [5.74, 6) is -2.82. The number of alkyl halides is 15. The van der Waals surface area contributed by atoms with Crippen molar-refractivity contribution in [2.24, 2.45) is 0 Å². The number of ether oxygens (including phenoxy) is 5. The van der Waals surface area contributed by atoms with Gasteiger partial charge >= 0.3 is 48.8 Å². The molecule has 0 radical (unpaired) electrons. The molecule has 484 valence electrons. The second-order valence-electron chi connectivity index (χ2n) is 20.8. The molecule has 0 spiro atoms. The van der Waals surface area contributed by atoms with Gasteiger partial charge in [-0.05, 0) is 130 Å². The van der Waals surface area contributed by atoms with Crippen LogP contribution in [-0.2, 0) is 45.3 Å². The van der Waals surface area contributed by atoms with Crippen LogP contribution in [0.5, 0.6) is 28.7 Å². The average Bonchev–Trinajstić information content (AvgIpc) is 0.983. The number of carboxylic acid groups (broad SMARTS) is 3. The molecule has 0 fully saturated rings. The second kappa shape index (κ2) is 27.7. The number of aliphatic carboxylic acids is 3. The number of hydrogen-bond acceptors (Lipinski definition) is 10. The van der Waals surface area contributed by atoms with Gasteiger partial charge in [0.05, 0.1) is 52.2 Å². The number of thiocarbonyl (C=S) groups is 2. The van der Waals surface area contributed by atoms with E-state index in [-0.39, 0.29) is 42.0 Å². The lowest BCUT2D eigenvalue weighted by atomic mass is 9.88. The van der Waals surface area contributed by atoms with Crippen molar-refractivity contribution in [3.05, 3.63) is 165 Å². The Kier molecular flexibility index (Phi) is 21.7. The molecule has 0 aliphatic carbocycles. The van der Waals surface area contributed by atoms with E-state index >= 15 is 0 Å². The van der Waals surface area contributed by atoms with Crippen LogP contribution in [0.15, 0.2) is 109 Å². The molecule has 5 aliphatic rings. The number of hydrogen-bond donors (Lipinski definition) is 5. The molecule has 0 amide bonds. The monoisotopic (exact) mass is 1320 g/mol. The summed E-state index contributed by atoms with van der Waals surface area (Å²) >= 11 is 10.1. The summed E-state index contributed by atoms with van der Waals surface area (Å²) in [7, 11) is 0. The summed E-state index contributed by atoms with van der Waals surface area (Å²) in [5.41, 5.74) is -1.86. The van der Waals surface area contributed by atoms with E-state index in [0.717, 1.165) is 78.9 Å². The minimum absolute atomic E-state index is 0.0589. The third-order valence-corrected chi connectivity index (χ3v) is 13.6. The molecule has 0 saturated heterocycles. The van der Waals surface area contributed by atoms with Crippen molar-refractivity contribution in [2.75, 3.05) is 26.4 Å². The van der Waals surface area contributed by atoms with Crippen LogP contribution in [0.3, 0.4) is 0 Å². The van der Waals surface area contributed by atoms with Gasteiger partial charge in [-0.1, -0.05) is 42.6 Å². The Morgan fingerprint density at radius 2 is 0.778 bits per heavy atom. The maximum Gasteiger partial charge on any atom is 0.416 e. The molecule has 10 rings (SSSR count). The molecule has 13 nitrogen and oxygen atoms in total. The quantitative estimate of drug-likeness (QED) is 0.0653. The van der Waals surface area contributed by atoms with Gasteiger partial charge in [0.15, 0.2) is 5.72 Å². The highest BCUT2D eigenvalue weighted by Crippen LogP contribution is 2.45. The molecule has 5 N–H and O–H groups in total. The minimum atomic E-state index is -4.46. The van der Waals surface area contributed by atoms with E-state index in [1.165, 1.54) is 30.3 Å². The lowest BCUT2D eigenvalue weighted by Crippen LogP contribution is -2.51. The normalized spacial score (nSPS) is 17.7. The molecular formula is C60H51F15N2O11S2. The van der Waals surface area contributed by atoms with Gasteiger partial charge in [0.25, 0.3) is 0 Å². The fraction of sp³-hybridized carbons (Fsp3) is 0.317. The highest BCUT2D eigenvalue weighted by Gasteiger charge is 2.39. The Labute approximate surface area is 512 Å². The van der Waals surface area contributed by atoms with Gasteiger partial charge in [-0.25, -0.2) is 14.4 Å². The van der Waals surface area contributed by atoms with E-state index in [4.69, 9.17) is 63.4 Å². The third-order valence-electron chi connectivity index (χ3n) is 12.9. The highest BCUT2D eigenvalue weighted by atomic mass is 32.1. The van der Waals surface area contributed by atoms with Crippen LogP contribution in [0.1, 0.15) is 109 Å². The first-order valence-electron chi connectivity index (χ1n) is 26.3. The molecule has 0 aromatic heterocycles. The Morgan fingerprint density at radius 1 is 0.444 bits per heavy atom. The van der Waals surface area contributed by atoms with Crippen molar-refractivity contribution < 1.29 is 119 Å². The Hall–Kier alpha value is -8.54. The molecule has 5 heterocycles. The SMILES string of the molecule is CC1(C)C/C(=C\C(=O)O)c2ccc(C(F)(F)F)cc2O1.CC1(C)NC(=S)c2ccc(C(F)(F)F)cc2O1.FC(F)(F)c1ccc2c(c1)OCCNC2=S.O=C(O)/C=C1\CCCOc2cc(C(F)(F)F)ccc21.O=C(O)/C=C1\CCOc2cc(C(F)(F)F)ccc21. The Bertz CT molecular complexity index is 3640. The fourth-order valence-electron chi connectivity index (χ4n) is 9.00. The van der Waals surface area contributed by atoms with Gasteiger partial charge < -0.3 is 49.6 Å². The average molecular weight is 1330 g/mol. The number of halogens is 15. The first kappa shape index (κ1) is 70.5. The zero-order valence-electron chi connectivity index (χ0n) is 47.1. The lowest BCUT2D eigenvalue weighted by Gasteiger charge is -2.35. The summed E-state index contributed by atoms with van der Waals surface area (Å²) in [5, 5.41) is 32.1. The number of allylic oxidation sites excluding steroid dienone is 1. The van der Waals surface area contributed by atoms with Gasteiger partial charge in [-0.3, -0.25) is 0 Å². The van der Waals surface area contributed by atoms with Crippen LogP contribution >= 0.6 is 24.4 Å². The zero-order chi connectivity index (χ0) is 67.1. The molecular weight excluding hydrogens is 1270 g/mol. The summed E-state index contributed by atoms with van der Waals surface area (Å²) in [6.45, 7) is 8.03. The summed E-state index contributed by atoms with van der Waals surface area (Å²) < 4.78 is 215. The van der Waals surface area contributed by atoms with E-state index in [0.29, 0.717) is 93.3 Å². The molecule has 0 saturated carbocycles. The van der Waals surface area contributed by atoms with Crippen molar-refractivity contribution in [2.45, 2.75) is 95.6 Å². The highest BCUT2D eigenvalue weighted by molar-refractivity contribution is 7.81. The van der Waals surface area contributed by atoms with Crippen LogP contribution in [0, 0.1) is 0 Å². The van der Waals surface area contributed by atoms with E-state index in [2.05, 4.69) is 10.6 Å². The van der Waals surface area contributed by atoms with Gasteiger partial charge in [0, 0.05) is 54.3 Å². The smallest absolute Gasteiger partial charge is 0.416 e. The molecule has 0 unspecified atom stereocenters. The molecule has 5 aromatic carbocycles. The van der Waals surface area contributed by atoms with Crippen LogP contribution in [0.4, 0.5) is 65.9 Å². The molecule has 5 aliphatic heterocycles. The lowest BCUT2D eigenvalue weighted by molar-refractivity contribution is -0.138. The number of carboxylic acids is 3. The predicted octanol–water partition coefficient (Wildman–Crippen LogP) is 15.5. The number of fused-ring (bicyclic) bond motifs is 5. The third kappa shape index (κ3) is 19.5. The first-order valence-corrected chi connectivity index (χ1v) is 27.1. The second-order valence-corrected chi connectivity index (χ2v) is 21.6. The number of benzene rings is 5. The largest absolute Gasteiger partial charge is 0.493 e. The molecule has 0 atom stereocenters. The fourth-order valence-corrected chi connectivity index (χ4v) is 9.69. The number of nitrogens with one attached hydrogen (secondary N) is 2. The van der Waals surface area contributed by atoms with E-state index in [1.54, 1.807) is 27.7 Å². The molecule has 90 heavy (non-hydrogen) atoms. The number of rotatable bonds is 3. The zero-order valence-corrected chi connectivity index (χ0v) is 48.8. The van der Waals surface area contributed by atoms with Crippen molar-refractivity contribution in [3.8, 4) is 28.7 Å². The van der Waals surface area contributed by atoms with Crippen LogP contribution in [-0.4, -0.2) is 80.9 Å². The summed E-state index contributed by atoms with van der Waals surface area (Å²) in [4.78, 5) is 33.0. The van der Waals surface area contributed by atoms with Crippen LogP contribution < -0.4 is 34.3 Å². The number of carbonyl (C=O) groups is 3. The molecule has 5 aromatic rings. The van der Waals surface area contributed by atoms with Crippen molar-refractivity contribution in [3.63, 3.8) is 0 Å². The predicted molar refractivity (Wildman–Crippen MR) is 303 cm³/mol. The Balaban J connectivity index is 0.000000179. The van der Waals surface area contributed by atoms with E-state index in [1.807, 2.05) is 0 Å². The van der Waals surface area contributed by atoms with Gasteiger partial charge in [-0.2, -0.15) is 65.9 Å². The van der Waals surface area contributed by atoms with Crippen molar-refractivity contribution in [1.82, 2.24) is 10.6 Å². The van der Waals surface area contributed by atoms with Crippen molar-refractivity contribution in [1.29, 1.82) is 0 Å². The van der Waals surface area contributed by atoms with Gasteiger partial charge in [0.1, 0.15) is 50.9 Å². The Morgan fingerprint density at radius 3 is 1.20 bits per heavy atom. The van der Waals surface area contributed by atoms with Crippen LogP contribution in [0.25, 0.3) is 16.7 Å². The molecule has 0 bridgehead atoms. The maximum absolute atomic E-state index is 12.7. The van der Waals surface area contributed by atoms with Crippen LogP contribution in [0.2, 0.25) is 0 Å². The summed E-state index contributed by atoms with van der Waals surface area (Å²) in [6.07, 6.45) is -17.4. The first-order chi connectivity index (χ1) is 41.5. The van der Waals surface area contributed by atoms with Gasteiger partial charge in [0.2, 0.25) is 0 Å².